The number of benzene rings is 1. The van der Waals surface area contributed by atoms with Gasteiger partial charge in [0.05, 0.1) is 17.9 Å². The number of aromatic nitrogens is 2. The van der Waals surface area contributed by atoms with Gasteiger partial charge in [0.25, 0.3) is 5.91 Å². The van der Waals surface area contributed by atoms with Gasteiger partial charge < -0.3 is 20.5 Å². The molecule has 1 amide bonds. The van der Waals surface area contributed by atoms with Crippen LogP contribution >= 0.6 is 0 Å². The first-order chi connectivity index (χ1) is 14.7. The van der Waals surface area contributed by atoms with Crippen LogP contribution in [0.3, 0.4) is 0 Å². The minimum Gasteiger partial charge on any atom is -0.390 e. The van der Waals surface area contributed by atoms with E-state index < -0.39 is 6.10 Å². The van der Waals surface area contributed by atoms with Crippen molar-refractivity contribution in [3.05, 3.63) is 53.2 Å². The molecule has 160 valence electrons. The number of ether oxygens (including phenoxy) is 1. The monoisotopic (exact) mass is 411 g/mol. The third kappa shape index (κ3) is 5.53. The Hall–Kier alpha value is -2.55. The van der Waals surface area contributed by atoms with Crippen LogP contribution in [0, 0.1) is 0 Å². The van der Waals surface area contributed by atoms with Crippen LogP contribution in [0.25, 0.3) is 0 Å². The molecule has 1 aromatic carbocycles. The second kappa shape index (κ2) is 9.97. The molecular weight excluding hydrogens is 382 g/mol. The van der Waals surface area contributed by atoms with Gasteiger partial charge in [-0.15, -0.1) is 5.10 Å². The molecule has 1 fully saturated rings. The lowest BCUT2D eigenvalue weighted by Gasteiger charge is -2.30. The van der Waals surface area contributed by atoms with Crippen LogP contribution in [0.1, 0.15) is 34.3 Å². The minimum atomic E-state index is -0.631. The first-order valence-corrected chi connectivity index (χ1v) is 10.6. The summed E-state index contributed by atoms with van der Waals surface area (Å²) >= 11 is 0. The predicted molar refractivity (Wildman–Crippen MR) is 113 cm³/mol. The Morgan fingerprint density at radius 3 is 2.90 bits per heavy atom. The van der Waals surface area contributed by atoms with Crippen LogP contribution in [-0.4, -0.2) is 71.1 Å². The Balaban J connectivity index is 1.24. The highest BCUT2D eigenvalue weighted by Crippen LogP contribution is 2.18. The number of carbonyl (C=O) groups is 1. The number of amides is 1. The van der Waals surface area contributed by atoms with Gasteiger partial charge in [0.1, 0.15) is 5.82 Å². The molecule has 0 saturated carbocycles. The van der Waals surface area contributed by atoms with E-state index in [9.17, 15) is 9.90 Å². The maximum atomic E-state index is 12.5. The Kier molecular flexibility index (Phi) is 6.88. The van der Waals surface area contributed by atoms with Crippen LogP contribution in [0.15, 0.2) is 36.5 Å². The first-order valence-electron chi connectivity index (χ1n) is 10.6. The van der Waals surface area contributed by atoms with E-state index in [1.54, 1.807) is 6.07 Å². The van der Waals surface area contributed by atoms with E-state index in [2.05, 4.69) is 43.9 Å². The quantitative estimate of drug-likeness (QED) is 0.630. The summed E-state index contributed by atoms with van der Waals surface area (Å²) in [6.45, 7) is 3.92. The second-order valence-electron chi connectivity index (χ2n) is 7.98. The molecule has 0 unspecified atom stereocenters. The molecule has 0 spiro atoms. The van der Waals surface area contributed by atoms with Gasteiger partial charge in [0, 0.05) is 45.4 Å². The highest BCUT2D eigenvalue weighted by molar-refractivity contribution is 5.94. The minimum absolute atomic E-state index is 0.196. The van der Waals surface area contributed by atoms with Gasteiger partial charge in [-0.05, 0) is 36.5 Å². The standard InChI is InChI=1S/C22H29N5O3/c28-20(15-27-8-5-16-3-1-2-4-17(16)14-27)13-23-22(29)18-11-21(26-24-12-18)25-19-6-9-30-10-7-19/h1-4,11-12,19-20,28H,5-10,13-15H2,(H,23,29)(H,25,26)/t20-/m0/s1. The molecule has 0 radical (unpaired) electrons. The molecule has 2 aliphatic heterocycles. The van der Waals surface area contributed by atoms with Crippen LogP contribution in [0.5, 0.6) is 0 Å². The van der Waals surface area contributed by atoms with Gasteiger partial charge in [-0.25, -0.2) is 0 Å². The Bertz CT molecular complexity index is 856. The van der Waals surface area contributed by atoms with Gasteiger partial charge >= 0.3 is 0 Å². The molecule has 3 N–H and O–H groups in total. The lowest BCUT2D eigenvalue weighted by Crippen LogP contribution is -2.42. The van der Waals surface area contributed by atoms with Gasteiger partial charge in [-0.2, -0.15) is 5.10 Å². The third-order valence-electron chi connectivity index (χ3n) is 5.67. The number of fused-ring (bicyclic) bond motifs is 1. The van der Waals surface area contributed by atoms with Crippen molar-refractivity contribution in [2.75, 3.05) is 38.2 Å². The molecule has 8 nitrogen and oxygen atoms in total. The molecule has 1 atom stereocenters. The summed E-state index contributed by atoms with van der Waals surface area (Å²) in [6.07, 6.45) is 3.62. The number of nitrogens with one attached hydrogen (secondary N) is 2. The van der Waals surface area contributed by atoms with E-state index in [1.165, 1.54) is 17.3 Å². The topological polar surface area (TPSA) is 99.6 Å². The van der Waals surface area contributed by atoms with Crippen molar-refractivity contribution in [1.82, 2.24) is 20.4 Å². The maximum Gasteiger partial charge on any atom is 0.253 e. The lowest BCUT2D eigenvalue weighted by atomic mass is 10.00. The molecule has 8 heteroatoms. The van der Waals surface area contributed by atoms with Crippen molar-refractivity contribution in [2.45, 2.75) is 38.0 Å². The van der Waals surface area contributed by atoms with Crippen LogP contribution in [0.2, 0.25) is 0 Å². The van der Waals surface area contributed by atoms with Crippen molar-refractivity contribution in [1.29, 1.82) is 0 Å². The van der Waals surface area contributed by atoms with Crippen LogP contribution in [0.4, 0.5) is 5.82 Å². The molecule has 30 heavy (non-hydrogen) atoms. The van der Waals surface area contributed by atoms with Gasteiger partial charge in [0.2, 0.25) is 0 Å². The summed E-state index contributed by atoms with van der Waals surface area (Å²) in [5.74, 6) is 0.324. The lowest BCUT2D eigenvalue weighted by molar-refractivity contribution is 0.0841. The average Bonchev–Trinajstić information content (AvgIpc) is 2.78. The molecule has 1 aromatic heterocycles. The van der Waals surface area contributed by atoms with Gasteiger partial charge in [0.15, 0.2) is 0 Å². The van der Waals surface area contributed by atoms with Gasteiger partial charge in [-0.1, -0.05) is 24.3 Å². The van der Waals surface area contributed by atoms with Crippen molar-refractivity contribution >= 4 is 11.7 Å². The average molecular weight is 412 g/mol. The highest BCUT2D eigenvalue weighted by Gasteiger charge is 2.19. The number of β-amino-alcohol motifs (C(OH)–C–C–N with tert-alkyl or cyclic N) is 1. The number of aliphatic hydroxyl groups excluding tert-OH is 1. The van der Waals surface area contributed by atoms with E-state index in [1.807, 2.05) is 6.07 Å². The zero-order valence-electron chi connectivity index (χ0n) is 17.1. The summed E-state index contributed by atoms with van der Waals surface area (Å²) in [5.41, 5.74) is 3.12. The summed E-state index contributed by atoms with van der Waals surface area (Å²) in [6, 6.07) is 10.4. The highest BCUT2D eigenvalue weighted by atomic mass is 16.5. The Morgan fingerprint density at radius 2 is 2.07 bits per heavy atom. The number of aliphatic hydroxyl groups is 1. The predicted octanol–water partition coefficient (Wildman–Crippen LogP) is 1.22. The molecule has 2 aromatic rings. The Labute approximate surface area is 176 Å². The first kappa shape index (κ1) is 20.7. The van der Waals surface area contributed by atoms with E-state index in [-0.39, 0.29) is 18.5 Å². The Morgan fingerprint density at radius 1 is 1.27 bits per heavy atom. The summed E-state index contributed by atoms with van der Waals surface area (Å²) < 4.78 is 5.36. The number of rotatable bonds is 7. The van der Waals surface area contributed by atoms with Crippen molar-refractivity contribution in [3.8, 4) is 0 Å². The summed E-state index contributed by atoms with van der Waals surface area (Å²) in [7, 11) is 0. The number of hydrogen-bond acceptors (Lipinski definition) is 7. The number of anilines is 1. The van der Waals surface area contributed by atoms with E-state index in [4.69, 9.17) is 4.74 Å². The fourth-order valence-electron chi connectivity index (χ4n) is 4.00. The summed E-state index contributed by atoms with van der Waals surface area (Å²) in [4.78, 5) is 14.7. The second-order valence-corrected chi connectivity index (χ2v) is 7.98. The normalized spacial score (nSPS) is 18.4. The zero-order valence-corrected chi connectivity index (χ0v) is 17.1. The fraction of sp³-hybridized carbons (Fsp3) is 0.500. The molecule has 1 saturated heterocycles. The zero-order chi connectivity index (χ0) is 20.8. The molecule has 0 aliphatic carbocycles. The largest absolute Gasteiger partial charge is 0.390 e. The SMILES string of the molecule is O=C(NC[C@H](O)CN1CCc2ccccc2C1)c1cnnc(NC2CCOCC2)c1. The van der Waals surface area contributed by atoms with Gasteiger partial charge in [-0.3, -0.25) is 9.69 Å². The third-order valence-corrected chi connectivity index (χ3v) is 5.67. The van der Waals surface area contributed by atoms with E-state index in [0.717, 1.165) is 45.6 Å². The smallest absolute Gasteiger partial charge is 0.253 e. The number of carbonyl (C=O) groups excluding carboxylic acids is 1. The van der Waals surface area contributed by atoms with Crippen molar-refractivity contribution in [2.24, 2.45) is 0 Å². The van der Waals surface area contributed by atoms with Crippen LogP contribution in [-0.2, 0) is 17.7 Å². The van der Waals surface area contributed by atoms with Crippen LogP contribution < -0.4 is 10.6 Å². The maximum absolute atomic E-state index is 12.5. The number of hydrogen-bond donors (Lipinski definition) is 3. The van der Waals surface area contributed by atoms with E-state index in [0.29, 0.717) is 17.9 Å². The summed E-state index contributed by atoms with van der Waals surface area (Å²) in [5, 5.41) is 24.5. The molecule has 3 heterocycles. The molecule has 0 bridgehead atoms. The molecule has 4 rings (SSSR count). The fourth-order valence-corrected chi connectivity index (χ4v) is 4.00. The molecular formula is C22H29N5O3. The number of nitrogens with zero attached hydrogens (tertiary/aromatic N) is 3. The van der Waals surface area contributed by atoms with E-state index >= 15 is 0 Å². The molecule has 2 aliphatic rings. The van der Waals surface area contributed by atoms with Crippen molar-refractivity contribution < 1.29 is 14.6 Å². The van der Waals surface area contributed by atoms with Crippen molar-refractivity contribution in [3.63, 3.8) is 0 Å².